The maximum atomic E-state index is 14.3. The molecule has 1 unspecified atom stereocenters. The third-order valence-electron chi connectivity index (χ3n) is 4.12. The third-order valence-corrected chi connectivity index (χ3v) is 4.12. The van der Waals surface area contributed by atoms with Gasteiger partial charge in [-0.3, -0.25) is 4.79 Å². The molecule has 0 bridgehead atoms. The van der Waals surface area contributed by atoms with Crippen LogP contribution in [0, 0.1) is 17.5 Å². The van der Waals surface area contributed by atoms with Crippen LogP contribution in [-0.2, 0) is 4.79 Å². The summed E-state index contributed by atoms with van der Waals surface area (Å²) in [7, 11) is 0. The van der Waals surface area contributed by atoms with Gasteiger partial charge < -0.3 is 15.5 Å². The Kier molecular flexibility index (Phi) is 4.11. The molecule has 1 amide bonds. The summed E-state index contributed by atoms with van der Waals surface area (Å²) < 4.78 is 41.2. The Balaban J connectivity index is 1.68. The predicted molar refractivity (Wildman–Crippen MR) is 90.0 cm³/mol. The second-order valence-electron chi connectivity index (χ2n) is 5.73. The lowest BCUT2D eigenvalue weighted by atomic mass is 10.1. The van der Waals surface area contributed by atoms with Crippen molar-refractivity contribution in [2.45, 2.75) is 6.17 Å². The number of benzene rings is 1. The lowest BCUT2D eigenvalue weighted by molar-refractivity contribution is -0.113. The van der Waals surface area contributed by atoms with Gasteiger partial charge in [0, 0.05) is 18.0 Å². The van der Waals surface area contributed by atoms with E-state index in [9.17, 15) is 18.0 Å². The second kappa shape index (κ2) is 6.60. The fraction of sp³-hybridized carbons (Fsp3) is 0.0556. The van der Waals surface area contributed by atoms with Crippen molar-refractivity contribution in [3.63, 3.8) is 0 Å². The van der Waals surface area contributed by atoms with Crippen molar-refractivity contribution < 1.29 is 18.0 Å². The minimum atomic E-state index is -1.56. The Morgan fingerprint density at radius 3 is 2.78 bits per heavy atom. The van der Waals surface area contributed by atoms with E-state index < -0.39 is 29.5 Å². The molecule has 0 aliphatic carbocycles. The number of rotatable bonds is 3. The van der Waals surface area contributed by atoms with Gasteiger partial charge in [0.05, 0.1) is 5.70 Å². The summed E-state index contributed by atoms with van der Waals surface area (Å²) in [4.78, 5) is 21.9. The first kappa shape index (κ1) is 16.8. The van der Waals surface area contributed by atoms with Gasteiger partial charge in [0.15, 0.2) is 17.5 Å². The van der Waals surface area contributed by atoms with E-state index in [-0.39, 0.29) is 17.1 Å². The lowest BCUT2D eigenvalue weighted by Crippen LogP contribution is -2.29. The van der Waals surface area contributed by atoms with E-state index >= 15 is 0 Å². The Morgan fingerprint density at radius 1 is 1.15 bits per heavy atom. The number of halogens is 3. The van der Waals surface area contributed by atoms with E-state index in [2.05, 4.69) is 20.6 Å². The number of amides is 1. The summed E-state index contributed by atoms with van der Waals surface area (Å²) in [6.07, 6.45) is 8.49. The lowest BCUT2D eigenvalue weighted by Gasteiger charge is -2.26. The average Bonchev–Trinajstić information content (AvgIpc) is 3.07. The molecule has 9 heteroatoms. The zero-order valence-corrected chi connectivity index (χ0v) is 13.7. The number of carbonyl (C=O) groups excluding carboxylic acids is 1. The van der Waals surface area contributed by atoms with Gasteiger partial charge in [0.25, 0.3) is 5.91 Å². The quantitative estimate of drug-likeness (QED) is 0.812. The van der Waals surface area contributed by atoms with Crippen LogP contribution in [0.1, 0.15) is 11.7 Å². The number of hydrogen-bond donors (Lipinski definition) is 2. The molecule has 2 aromatic rings. The van der Waals surface area contributed by atoms with E-state index in [4.69, 9.17) is 0 Å². The standard InChI is InChI=1S/C18H12F3N5O/c19-11-5-4-10(14(20)15(11)21)17-25-16(12-3-1-2-8-26(12)17)18(27)24-13-6-7-22-9-23-13/h1-9,17,25H,(H,22,23,24,27). The van der Waals surface area contributed by atoms with Crippen LogP contribution in [0.4, 0.5) is 19.0 Å². The van der Waals surface area contributed by atoms with Crippen molar-refractivity contribution in [2.75, 3.05) is 5.32 Å². The minimum Gasteiger partial charge on any atom is -0.355 e. The molecule has 136 valence electrons. The van der Waals surface area contributed by atoms with E-state index in [0.29, 0.717) is 5.70 Å². The molecule has 2 N–H and O–H groups in total. The normalized spacial score (nSPS) is 17.7. The highest BCUT2D eigenvalue weighted by atomic mass is 19.2. The molecule has 0 fully saturated rings. The summed E-state index contributed by atoms with van der Waals surface area (Å²) in [6, 6.07) is 3.50. The number of hydrogen-bond acceptors (Lipinski definition) is 5. The van der Waals surface area contributed by atoms with Gasteiger partial charge in [-0.1, -0.05) is 6.08 Å². The molecule has 0 spiro atoms. The van der Waals surface area contributed by atoms with Crippen LogP contribution < -0.4 is 10.6 Å². The zero-order chi connectivity index (χ0) is 19.0. The molecule has 0 saturated carbocycles. The molecule has 1 atom stereocenters. The number of nitrogens with one attached hydrogen (secondary N) is 2. The number of carbonyl (C=O) groups is 1. The molecule has 27 heavy (non-hydrogen) atoms. The van der Waals surface area contributed by atoms with Crippen molar-refractivity contribution in [1.82, 2.24) is 20.2 Å². The van der Waals surface area contributed by atoms with E-state index in [0.717, 1.165) is 12.1 Å². The summed E-state index contributed by atoms with van der Waals surface area (Å²) in [5, 5.41) is 5.48. The molecule has 0 saturated heterocycles. The SMILES string of the molecule is O=C(Nc1ccncn1)C1=C2C=CC=CN2C(c2ccc(F)c(F)c2F)N1. The van der Waals surface area contributed by atoms with Crippen LogP contribution in [-0.4, -0.2) is 20.8 Å². The van der Waals surface area contributed by atoms with Gasteiger partial charge in [-0.15, -0.1) is 0 Å². The first-order valence-electron chi connectivity index (χ1n) is 7.91. The highest BCUT2D eigenvalue weighted by Crippen LogP contribution is 2.35. The molecular weight excluding hydrogens is 359 g/mol. The number of anilines is 1. The monoisotopic (exact) mass is 371 g/mol. The van der Waals surface area contributed by atoms with Crippen molar-refractivity contribution in [2.24, 2.45) is 0 Å². The van der Waals surface area contributed by atoms with E-state index in [1.807, 2.05) is 0 Å². The van der Waals surface area contributed by atoms with E-state index in [1.54, 1.807) is 29.3 Å². The van der Waals surface area contributed by atoms with Gasteiger partial charge in [0.1, 0.15) is 24.0 Å². The largest absolute Gasteiger partial charge is 0.355 e. The predicted octanol–water partition coefficient (Wildman–Crippen LogP) is 2.73. The second-order valence-corrected chi connectivity index (χ2v) is 5.73. The fourth-order valence-electron chi connectivity index (χ4n) is 2.88. The molecule has 1 aromatic heterocycles. The van der Waals surface area contributed by atoms with Gasteiger partial charge in [-0.25, -0.2) is 23.1 Å². The van der Waals surface area contributed by atoms with Crippen LogP contribution in [0.3, 0.4) is 0 Å². The number of nitrogens with zero attached hydrogens (tertiary/aromatic N) is 3. The topological polar surface area (TPSA) is 70.2 Å². The zero-order valence-electron chi connectivity index (χ0n) is 13.7. The molecule has 2 aliphatic heterocycles. The number of aromatic nitrogens is 2. The molecule has 6 nitrogen and oxygen atoms in total. The van der Waals surface area contributed by atoms with Gasteiger partial charge >= 0.3 is 0 Å². The van der Waals surface area contributed by atoms with Crippen LogP contribution in [0.2, 0.25) is 0 Å². The Morgan fingerprint density at radius 2 is 2.00 bits per heavy atom. The maximum absolute atomic E-state index is 14.3. The molecule has 3 heterocycles. The van der Waals surface area contributed by atoms with Crippen LogP contribution >= 0.6 is 0 Å². The van der Waals surface area contributed by atoms with E-state index in [1.165, 1.54) is 18.6 Å². The Bertz CT molecular complexity index is 1000. The summed E-state index contributed by atoms with van der Waals surface area (Å²) >= 11 is 0. The highest BCUT2D eigenvalue weighted by molar-refractivity contribution is 6.04. The smallest absolute Gasteiger partial charge is 0.275 e. The molecule has 2 aliphatic rings. The van der Waals surface area contributed by atoms with Crippen LogP contribution in [0.15, 0.2) is 66.5 Å². The Hall–Kier alpha value is -3.62. The number of allylic oxidation sites excluding steroid dienone is 3. The van der Waals surface area contributed by atoms with Crippen LogP contribution in [0.25, 0.3) is 0 Å². The van der Waals surface area contributed by atoms with Gasteiger partial charge in [-0.2, -0.15) is 0 Å². The molecular formula is C18H12F3N5O. The van der Waals surface area contributed by atoms with Crippen molar-refractivity contribution in [1.29, 1.82) is 0 Å². The fourth-order valence-corrected chi connectivity index (χ4v) is 2.88. The molecule has 1 aromatic carbocycles. The summed E-state index contributed by atoms with van der Waals surface area (Å²) in [5.74, 6) is -4.38. The molecule has 0 radical (unpaired) electrons. The van der Waals surface area contributed by atoms with Crippen molar-refractivity contribution in [3.05, 3.63) is 89.6 Å². The first-order valence-corrected chi connectivity index (χ1v) is 7.91. The highest BCUT2D eigenvalue weighted by Gasteiger charge is 2.36. The first-order chi connectivity index (χ1) is 13.1. The van der Waals surface area contributed by atoms with Gasteiger partial charge in [-0.05, 0) is 30.4 Å². The third kappa shape index (κ3) is 2.92. The molecule has 4 rings (SSSR count). The summed E-state index contributed by atoms with van der Waals surface area (Å²) in [6.45, 7) is 0. The average molecular weight is 371 g/mol. The van der Waals surface area contributed by atoms with Crippen LogP contribution in [0.5, 0.6) is 0 Å². The van der Waals surface area contributed by atoms with Crippen molar-refractivity contribution in [3.8, 4) is 0 Å². The summed E-state index contributed by atoms with van der Waals surface area (Å²) in [5.41, 5.74) is 0.470. The number of fused-ring (bicyclic) bond motifs is 1. The van der Waals surface area contributed by atoms with Gasteiger partial charge in [0.2, 0.25) is 0 Å². The minimum absolute atomic E-state index is 0.129. The Labute approximate surface area is 151 Å². The maximum Gasteiger partial charge on any atom is 0.275 e. The van der Waals surface area contributed by atoms with Crippen molar-refractivity contribution >= 4 is 11.7 Å².